The van der Waals surface area contributed by atoms with Crippen LogP contribution in [-0.4, -0.2) is 37.8 Å². The molecule has 0 atom stereocenters. The Morgan fingerprint density at radius 3 is 2.69 bits per heavy atom. The van der Waals surface area contributed by atoms with Crippen LogP contribution >= 0.6 is 35.3 Å². The van der Waals surface area contributed by atoms with Crippen molar-refractivity contribution < 1.29 is 9.59 Å². The maximum atomic E-state index is 12.7. The molecule has 152 valence electrons. The average Bonchev–Trinajstić information content (AvgIpc) is 3.19. The number of nitrogens with one attached hydrogen (secondary N) is 1. The Balaban J connectivity index is 1.55. The van der Waals surface area contributed by atoms with E-state index in [4.69, 9.17) is 12.2 Å². The van der Waals surface area contributed by atoms with E-state index in [9.17, 15) is 9.59 Å². The van der Waals surface area contributed by atoms with Gasteiger partial charge in [0.1, 0.15) is 9.33 Å². The lowest BCUT2D eigenvalue weighted by atomic mass is 10.1. The second-order valence-electron chi connectivity index (χ2n) is 7.14. The highest BCUT2D eigenvalue weighted by molar-refractivity contribution is 8.26. The molecular weight excluding hydrogens is 424 g/mol. The van der Waals surface area contributed by atoms with Crippen molar-refractivity contribution in [2.75, 3.05) is 11.9 Å². The lowest BCUT2D eigenvalue weighted by Gasteiger charge is -2.13. The van der Waals surface area contributed by atoms with Crippen molar-refractivity contribution in [3.8, 4) is 0 Å². The number of aryl methyl sites for hydroxylation is 1. The maximum absolute atomic E-state index is 12.7. The van der Waals surface area contributed by atoms with Gasteiger partial charge in [0.05, 0.1) is 4.91 Å². The molecule has 1 aliphatic rings. The summed E-state index contributed by atoms with van der Waals surface area (Å²) in [4.78, 5) is 27.0. The van der Waals surface area contributed by atoms with E-state index in [1.165, 1.54) is 28.0 Å². The molecule has 1 N–H and O–H groups in total. The average molecular weight is 447 g/mol. The molecule has 2 aromatic rings. The Morgan fingerprint density at radius 2 is 2.00 bits per heavy atom. The van der Waals surface area contributed by atoms with Gasteiger partial charge >= 0.3 is 0 Å². The third kappa shape index (κ3) is 5.94. The van der Waals surface area contributed by atoms with Crippen LogP contribution in [0.1, 0.15) is 36.4 Å². The first-order chi connectivity index (χ1) is 13.8. The Hall–Kier alpha value is -2.10. The number of amides is 2. The summed E-state index contributed by atoms with van der Waals surface area (Å²) < 4.78 is 0.469. The summed E-state index contributed by atoms with van der Waals surface area (Å²) in [5, 5.41) is 12.2. The van der Waals surface area contributed by atoms with Crippen LogP contribution < -0.4 is 5.32 Å². The number of aromatic nitrogens is 2. The van der Waals surface area contributed by atoms with E-state index in [0.717, 1.165) is 22.6 Å². The fourth-order valence-electron chi connectivity index (χ4n) is 2.64. The summed E-state index contributed by atoms with van der Waals surface area (Å²) >= 11 is 7.97. The van der Waals surface area contributed by atoms with Gasteiger partial charge in [-0.1, -0.05) is 79.0 Å². The number of anilines is 1. The lowest BCUT2D eigenvalue weighted by Crippen LogP contribution is -2.31. The Morgan fingerprint density at radius 1 is 1.28 bits per heavy atom. The smallest absolute Gasteiger partial charge is 0.266 e. The third-order valence-corrected chi connectivity index (χ3v) is 6.35. The summed E-state index contributed by atoms with van der Waals surface area (Å²) in [5.74, 6) is 0.102. The number of thioether (sulfide) groups is 1. The first kappa shape index (κ1) is 21.6. The van der Waals surface area contributed by atoms with Crippen LogP contribution in [-0.2, 0) is 16.0 Å². The standard InChI is InChI=1S/C20H22N4O2S3/c1-12(2)10-17-22-23-19(29-17)21-16(25)8-9-24-18(26)15(28-20(24)27)11-14-6-4-13(3)5-7-14/h4-7,11-12H,8-10H2,1-3H3,(H,21,23,25). The molecule has 2 heterocycles. The first-order valence-electron chi connectivity index (χ1n) is 9.26. The van der Waals surface area contributed by atoms with Gasteiger partial charge in [0.15, 0.2) is 0 Å². The van der Waals surface area contributed by atoms with E-state index in [1.807, 2.05) is 37.3 Å². The number of carbonyl (C=O) groups is 2. The van der Waals surface area contributed by atoms with E-state index in [1.54, 1.807) is 0 Å². The van der Waals surface area contributed by atoms with Crippen LogP contribution in [0.3, 0.4) is 0 Å². The van der Waals surface area contributed by atoms with Crippen molar-refractivity contribution in [3.63, 3.8) is 0 Å². The van der Waals surface area contributed by atoms with Gasteiger partial charge in [0.2, 0.25) is 11.0 Å². The van der Waals surface area contributed by atoms with Gasteiger partial charge in [-0.3, -0.25) is 14.5 Å². The quantitative estimate of drug-likeness (QED) is 0.506. The maximum Gasteiger partial charge on any atom is 0.266 e. The molecule has 29 heavy (non-hydrogen) atoms. The molecule has 1 aromatic heterocycles. The number of hydrogen-bond acceptors (Lipinski definition) is 7. The third-order valence-electron chi connectivity index (χ3n) is 4.11. The molecule has 2 amide bonds. The number of carbonyl (C=O) groups excluding carboxylic acids is 2. The molecule has 0 bridgehead atoms. The second-order valence-corrected chi connectivity index (χ2v) is 9.88. The molecule has 1 fully saturated rings. The zero-order chi connectivity index (χ0) is 21.0. The zero-order valence-corrected chi connectivity index (χ0v) is 18.9. The summed E-state index contributed by atoms with van der Waals surface area (Å²) in [7, 11) is 0. The number of nitrogens with zero attached hydrogens (tertiary/aromatic N) is 3. The lowest BCUT2D eigenvalue weighted by molar-refractivity contribution is -0.122. The van der Waals surface area contributed by atoms with Gasteiger partial charge in [-0.15, -0.1) is 10.2 Å². The van der Waals surface area contributed by atoms with Crippen LogP contribution in [0, 0.1) is 12.8 Å². The summed E-state index contributed by atoms with van der Waals surface area (Å²) in [6.45, 7) is 6.46. The summed E-state index contributed by atoms with van der Waals surface area (Å²) in [6.07, 6.45) is 2.80. The number of thiocarbonyl (C=S) groups is 1. The van der Waals surface area contributed by atoms with Crippen LogP contribution in [0.4, 0.5) is 5.13 Å². The predicted octanol–water partition coefficient (Wildman–Crippen LogP) is 4.28. The van der Waals surface area contributed by atoms with E-state index in [0.29, 0.717) is 20.3 Å². The molecule has 9 heteroatoms. The summed E-state index contributed by atoms with van der Waals surface area (Å²) in [5.41, 5.74) is 2.11. The van der Waals surface area contributed by atoms with Crippen molar-refractivity contribution in [1.82, 2.24) is 15.1 Å². The van der Waals surface area contributed by atoms with Gasteiger partial charge in [-0.25, -0.2) is 0 Å². The van der Waals surface area contributed by atoms with Gasteiger partial charge in [0.25, 0.3) is 5.91 Å². The molecule has 3 rings (SSSR count). The van der Waals surface area contributed by atoms with Gasteiger partial charge in [0, 0.05) is 19.4 Å². The molecule has 1 aromatic carbocycles. The number of rotatable bonds is 7. The van der Waals surface area contributed by atoms with Crippen LogP contribution in [0.15, 0.2) is 29.2 Å². The highest BCUT2D eigenvalue weighted by Crippen LogP contribution is 2.32. The minimum absolute atomic E-state index is 0.142. The monoisotopic (exact) mass is 446 g/mol. The van der Waals surface area contributed by atoms with Crippen molar-refractivity contribution in [3.05, 3.63) is 45.3 Å². The molecule has 1 aliphatic heterocycles. The van der Waals surface area contributed by atoms with Crippen molar-refractivity contribution in [2.24, 2.45) is 5.92 Å². The Labute approximate surface area is 183 Å². The molecule has 0 saturated carbocycles. The topological polar surface area (TPSA) is 75.2 Å². The van der Waals surface area contributed by atoms with Crippen molar-refractivity contribution in [1.29, 1.82) is 0 Å². The van der Waals surface area contributed by atoms with E-state index >= 15 is 0 Å². The fourth-order valence-corrected chi connectivity index (χ4v) is 4.91. The van der Waals surface area contributed by atoms with Crippen molar-refractivity contribution >= 4 is 62.7 Å². The van der Waals surface area contributed by atoms with Crippen LogP contribution in [0.5, 0.6) is 0 Å². The van der Waals surface area contributed by atoms with Crippen LogP contribution in [0.25, 0.3) is 6.08 Å². The molecule has 0 radical (unpaired) electrons. The molecule has 6 nitrogen and oxygen atoms in total. The highest BCUT2D eigenvalue weighted by Gasteiger charge is 2.32. The van der Waals surface area contributed by atoms with E-state index in [2.05, 4.69) is 29.4 Å². The molecule has 1 saturated heterocycles. The summed E-state index contributed by atoms with van der Waals surface area (Å²) in [6, 6.07) is 7.92. The highest BCUT2D eigenvalue weighted by atomic mass is 32.2. The normalized spacial score (nSPS) is 15.6. The number of hydrogen-bond donors (Lipinski definition) is 1. The number of benzene rings is 1. The minimum Gasteiger partial charge on any atom is -0.300 e. The van der Waals surface area contributed by atoms with Crippen LogP contribution in [0.2, 0.25) is 0 Å². The fraction of sp³-hybridized carbons (Fsp3) is 0.350. The first-order valence-corrected chi connectivity index (χ1v) is 11.3. The SMILES string of the molecule is Cc1ccc(C=C2SC(=S)N(CCC(=O)Nc3nnc(CC(C)C)s3)C2=O)cc1. The Bertz CT molecular complexity index is 951. The molecule has 0 aliphatic carbocycles. The molecule has 0 spiro atoms. The second kappa shape index (κ2) is 9.60. The van der Waals surface area contributed by atoms with E-state index < -0.39 is 0 Å². The van der Waals surface area contributed by atoms with E-state index in [-0.39, 0.29) is 24.8 Å². The van der Waals surface area contributed by atoms with Crippen molar-refractivity contribution in [2.45, 2.75) is 33.6 Å². The zero-order valence-electron chi connectivity index (χ0n) is 16.5. The molecule has 0 unspecified atom stereocenters. The minimum atomic E-state index is -0.214. The van der Waals surface area contributed by atoms with Gasteiger partial charge in [-0.05, 0) is 24.5 Å². The van der Waals surface area contributed by atoms with Gasteiger partial charge in [-0.2, -0.15) is 0 Å². The predicted molar refractivity (Wildman–Crippen MR) is 123 cm³/mol. The van der Waals surface area contributed by atoms with Gasteiger partial charge < -0.3 is 5.32 Å². The largest absolute Gasteiger partial charge is 0.300 e. The Kier molecular flexibility index (Phi) is 7.15. The molecular formula is C20H22N4O2S3.